The Balaban J connectivity index is 1.40. The smallest absolute Gasteiger partial charge is 0.410 e. The van der Waals surface area contributed by atoms with E-state index in [1.54, 1.807) is 35.3 Å². The minimum atomic E-state index is -3.81. The molecule has 2 aromatic heterocycles. The zero-order valence-electron chi connectivity index (χ0n) is 26.3. The number of fused-ring (bicyclic) bond motifs is 1. The van der Waals surface area contributed by atoms with Crippen LogP contribution in [0.25, 0.3) is 0 Å². The summed E-state index contributed by atoms with van der Waals surface area (Å²) in [6.45, 7) is 12.4. The number of piperidine rings is 1. The van der Waals surface area contributed by atoms with Crippen molar-refractivity contribution in [1.29, 1.82) is 0 Å². The van der Waals surface area contributed by atoms with E-state index in [4.69, 9.17) is 14.7 Å². The highest BCUT2D eigenvalue weighted by Crippen LogP contribution is 2.41. The van der Waals surface area contributed by atoms with Gasteiger partial charge in [0.15, 0.2) is 15.0 Å². The average Bonchev–Trinajstić information content (AvgIpc) is 3.29. The molecule has 1 amide bonds. The van der Waals surface area contributed by atoms with Gasteiger partial charge < -0.3 is 25.4 Å². The number of nitrogens with one attached hydrogen (secondary N) is 2. The standard InChI is InChI=1S/C31H47N5O5S2/c1-29(2,3)41-28(38)36-15-13-31(6,14-16-36)43(39,40)22-17-25(32-20-7-9-21(37)10-8-20)34-26(18-22)35-27-33-23-11-12-30(4,5)19-24(23)42-27/h17-18,20-21,37H,7-16,19H2,1-6H3,(H2,32,33,34,35). The molecular formula is C31H47N5O5S2. The highest BCUT2D eigenvalue weighted by atomic mass is 32.2. The summed E-state index contributed by atoms with van der Waals surface area (Å²) in [5.41, 5.74) is 0.734. The molecule has 5 rings (SSSR count). The summed E-state index contributed by atoms with van der Waals surface area (Å²) in [5.74, 6) is 0.918. The fourth-order valence-electron chi connectivity index (χ4n) is 6.13. The number of amides is 1. The largest absolute Gasteiger partial charge is 0.444 e. The van der Waals surface area contributed by atoms with Crippen molar-refractivity contribution in [2.75, 3.05) is 23.7 Å². The van der Waals surface area contributed by atoms with Crippen molar-refractivity contribution < 1.29 is 23.1 Å². The van der Waals surface area contributed by atoms with Crippen LogP contribution in [0.5, 0.6) is 0 Å². The molecule has 1 saturated carbocycles. The number of pyridine rings is 1. The minimum Gasteiger partial charge on any atom is -0.444 e. The van der Waals surface area contributed by atoms with Gasteiger partial charge in [-0.2, -0.15) is 0 Å². The molecular weight excluding hydrogens is 587 g/mol. The van der Waals surface area contributed by atoms with Crippen molar-refractivity contribution in [3.05, 3.63) is 22.7 Å². The lowest BCUT2D eigenvalue weighted by Crippen LogP contribution is -2.50. The van der Waals surface area contributed by atoms with E-state index in [0.717, 1.165) is 37.8 Å². The average molecular weight is 634 g/mol. The van der Waals surface area contributed by atoms with Crippen LogP contribution in [0, 0.1) is 5.41 Å². The molecule has 0 unspecified atom stereocenters. The molecule has 3 heterocycles. The second-order valence-electron chi connectivity index (χ2n) is 14.5. The maximum absolute atomic E-state index is 14.3. The summed E-state index contributed by atoms with van der Waals surface area (Å²) in [7, 11) is -3.81. The number of aliphatic hydroxyl groups excluding tert-OH is 1. The molecule has 1 aliphatic heterocycles. The summed E-state index contributed by atoms with van der Waals surface area (Å²) >= 11 is 1.61. The summed E-state index contributed by atoms with van der Waals surface area (Å²) in [5, 5.41) is 17.5. The van der Waals surface area contributed by atoms with Gasteiger partial charge in [-0.15, -0.1) is 11.3 Å². The Kier molecular flexibility index (Phi) is 8.78. The van der Waals surface area contributed by atoms with Crippen LogP contribution in [0.4, 0.5) is 21.6 Å². The number of ether oxygens (including phenoxy) is 1. The molecule has 10 nitrogen and oxygen atoms in total. The predicted molar refractivity (Wildman–Crippen MR) is 170 cm³/mol. The van der Waals surface area contributed by atoms with Gasteiger partial charge in [-0.1, -0.05) is 13.8 Å². The number of likely N-dealkylation sites (tertiary alicyclic amines) is 1. The molecule has 2 aliphatic carbocycles. The lowest BCUT2D eigenvalue weighted by atomic mass is 9.79. The summed E-state index contributed by atoms with van der Waals surface area (Å²) in [4.78, 5) is 25.3. The molecule has 2 aromatic rings. The van der Waals surface area contributed by atoms with Crippen LogP contribution in [0.15, 0.2) is 17.0 Å². The first-order valence-electron chi connectivity index (χ1n) is 15.5. The van der Waals surface area contributed by atoms with E-state index >= 15 is 0 Å². The van der Waals surface area contributed by atoms with E-state index in [0.29, 0.717) is 55.5 Å². The van der Waals surface area contributed by atoms with Crippen molar-refractivity contribution in [2.45, 2.75) is 127 Å². The number of aryl methyl sites for hydroxylation is 1. The second-order valence-corrected chi connectivity index (χ2v) is 18.0. The normalized spacial score (nSPS) is 23.7. The quantitative estimate of drug-likeness (QED) is 0.346. The van der Waals surface area contributed by atoms with Crippen LogP contribution in [0.1, 0.15) is 97.1 Å². The van der Waals surface area contributed by atoms with Crippen molar-refractivity contribution in [1.82, 2.24) is 14.9 Å². The highest BCUT2D eigenvalue weighted by molar-refractivity contribution is 7.92. The molecule has 238 valence electrons. The van der Waals surface area contributed by atoms with Gasteiger partial charge in [0.05, 0.1) is 21.4 Å². The number of carbonyl (C=O) groups is 1. The molecule has 2 fully saturated rings. The van der Waals surface area contributed by atoms with Gasteiger partial charge in [-0.3, -0.25) is 0 Å². The van der Waals surface area contributed by atoms with Crippen molar-refractivity contribution in [2.24, 2.45) is 5.41 Å². The molecule has 0 radical (unpaired) electrons. The van der Waals surface area contributed by atoms with Crippen LogP contribution < -0.4 is 10.6 Å². The maximum Gasteiger partial charge on any atom is 0.410 e. The fraction of sp³-hybridized carbons (Fsp3) is 0.710. The van der Waals surface area contributed by atoms with Crippen LogP contribution in [0.2, 0.25) is 0 Å². The van der Waals surface area contributed by atoms with Crippen molar-refractivity contribution in [3.63, 3.8) is 0 Å². The Labute approximate surface area is 259 Å². The van der Waals surface area contributed by atoms with Crippen LogP contribution in [-0.2, 0) is 27.4 Å². The van der Waals surface area contributed by atoms with E-state index < -0.39 is 26.3 Å². The van der Waals surface area contributed by atoms with Gasteiger partial charge in [-0.05, 0) is 103 Å². The van der Waals surface area contributed by atoms with E-state index in [1.165, 1.54) is 4.88 Å². The Morgan fingerprint density at radius 3 is 2.35 bits per heavy atom. The molecule has 0 aromatic carbocycles. The molecule has 1 saturated heterocycles. The van der Waals surface area contributed by atoms with Crippen molar-refractivity contribution in [3.8, 4) is 0 Å². The topological polar surface area (TPSA) is 134 Å². The van der Waals surface area contributed by atoms with Crippen LogP contribution >= 0.6 is 11.3 Å². The summed E-state index contributed by atoms with van der Waals surface area (Å²) in [6.07, 6.45) is 5.87. The number of carbonyl (C=O) groups excluding carboxylic acids is 1. The Bertz CT molecular complexity index is 1430. The van der Waals surface area contributed by atoms with E-state index in [-0.39, 0.29) is 22.5 Å². The monoisotopic (exact) mass is 633 g/mol. The first kappa shape index (κ1) is 32.0. The lowest BCUT2D eigenvalue weighted by Gasteiger charge is -2.39. The Morgan fingerprint density at radius 1 is 1.05 bits per heavy atom. The van der Waals surface area contributed by atoms with Gasteiger partial charge in [-0.25, -0.2) is 23.2 Å². The Morgan fingerprint density at radius 2 is 1.70 bits per heavy atom. The van der Waals surface area contributed by atoms with Gasteiger partial charge >= 0.3 is 6.09 Å². The van der Waals surface area contributed by atoms with Gasteiger partial charge in [0.2, 0.25) is 0 Å². The molecule has 3 N–H and O–H groups in total. The number of hydrogen-bond donors (Lipinski definition) is 3. The number of sulfone groups is 1. The molecule has 3 aliphatic rings. The lowest BCUT2D eigenvalue weighted by molar-refractivity contribution is 0.0198. The van der Waals surface area contributed by atoms with E-state index in [1.807, 2.05) is 20.8 Å². The number of nitrogens with zero attached hydrogens (tertiary/aromatic N) is 3. The summed E-state index contributed by atoms with van der Waals surface area (Å²) < 4.78 is 33.0. The van der Waals surface area contributed by atoms with E-state index in [2.05, 4.69) is 24.5 Å². The first-order valence-corrected chi connectivity index (χ1v) is 17.8. The number of anilines is 3. The number of hydrogen-bond acceptors (Lipinski definition) is 10. The highest BCUT2D eigenvalue weighted by Gasteiger charge is 2.44. The third-order valence-electron chi connectivity index (χ3n) is 8.97. The zero-order chi connectivity index (χ0) is 31.2. The van der Waals surface area contributed by atoms with Crippen LogP contribution in [0.3, 0.4) is 0 Å². The van der Waals surface area contributed by atoms with Crippen molar-refractivity contribution >= 4 is 44.0 Å². The molecule has 43 heavy (non-hydrogen) atoms. The predicted octanol–water partition coefficient (Wildman–Crippen LogP) is 6.08. The summed E-state index contributed by atoms with van der Waals surface area (Å²) in [6, 6.07) is 3.34. The number of rotatable bonds is 6. The second kappa shape index (κ2) is 11.8. The fourth-order valence-corrected chi connectivity index (χ4v) is 9.23. The number of aliphatic hydroxyl groups is 1. The third-order valence-corrected chi connectivity index (χ3v) is 12.5. The minimum absolute atomic E-state index is 0.101. The first-order chi connectivity index (χ1) is 20.0. The molecule has 0 bridgehead atoms. The molecule has 0 spiro atoms. The van der Waals surface area contributed by atoms with Gasteiger partial charge in [0.25, 0.3) is 0 Å². The Hall–Kier alpha value is -2.44. The van der Waals surface area contributed by atoms with Gasteiger partial charge in [0.1, 0.15) is 17.2 Å². The third kappa shape index (κ3) is 7.45. The molecule has 0 atom stereocenters. The van der Waals surface area contributed by atoms with Crippen LogP contribution in [-0.4, -0.2) is 70.1 Å². The molecule has 12 heteroatoms. The number of aromatic nitrogens is 2. The SMILES string of the molecule is CC1(C)CCc2nc(Nc3cc(S(=O)(=O)C4(C)CCN(C(=O)OC(C)(C)C)CC4)cc(NC4CCC(O)CC4)n3)sc2C1. The number of thiazole rings is 1. The van der Waals surface area contributed by atoms with E-state index in [9.17, 15) is 18.3 Å². The maximum atomic E-state index is 14.3. The van der Waals surface area contributed by atoms with Gasteiger partial charge in [0, 0.05) is 24.0 Å². The zero-order valence-corrected chi connectivity index (χ0v) is 28.0.